The molecule has 0 N–H and O–H groups in total. The van der Waals surface area contributed by atoms with Gasteiger partial charge in [0.05, 0.1) is 24.0 Å². The summed E-state index contributed by atoms with van der Waals surface area (Å²) in [5.74, 6) is -0.408. The number of benzene rings is 2. The summed E-state index contributed by atoms with van der Waals surface area (Å²) in [5.41, 5.74) is 19.4. The topological polar surface area (TPSA) is 152 Å². The fourth-order valence-corrected chi connectivity index (χ4v) is 2.42. The largest absolute Gasteiger partial charge is 0.465 e. The highest BCUT2D eigenvalue weighted by molar-refractivity contribution is 5.89. The molecule has 2 rings (SSSR count). The van der Waals surface area contributed by atoms with Crippen LogP contribution in [0.2, 0.25) is 0 Å². The lowest BCUT2D eigenvalue weighted by Crippen LogP contribution is -2.28. The Morgan fingerprint density at radius 2 is 1.38 bits per heavy atom. The molecule has 0 saturated carbocycles. The molecule has 2 aromatic carbocycles. The SMILES string of the molecule is COC(=O)c1ccc(N=Nc2ccc(N(CCN=[N+]=[N-])CCN=[N+]=[N-])cc2)cc1. The predicted molar refractivity (Wildman–Crippen MR) is 109 cm³/mol. The molecule has 2 aromatic rings. The molecule has 0 heterocycles. The third kappa shape index (κ3) is 6.87. The van der Waals surface area contributed by atoms with Gasteiger partial charge in [-0.15, -0.1) is 0 Å². The maximum Gasteiger partial charge on any atom is 0.337 e. The summed E-state index contributed by atoms with van der Waals surface area (Å²) in [6.45, 7) is 1.60. The van der Waals surface area contributed by atoms with Gasteiger partial charge in [-0.2, -0.15) is 10.2 Å². The molecule has 0 unspecified atom stereocenters. The van der Waals surface area contributed by atoms with Gasteiger partial charge in [0.1, 0.15) is 0 Å². The molecule has 0 bridgehead atoms. The molecule has 0 amide bonds. The lowest BCUT2D eigenvalue weighted by molar-refractivity contribution is 0.0601. The van der Waals surface area contributed by atoms with Crippen molar-refractivity contribution >= 4 is 23.0 Å². The minimum absolute atomic E-state index is 0.301. The van der Waals surface area contributed by atoms with E-state index in [9.17, 15) is 4.79 Å². The molecule has 0 aliphatic carbocycles. The molecule has 0 radical (unpaired) electrons. The second-order valence-electron chi connectivity index (χ2n) is 5.65. The number of methoxy groups -OCH3 is 1. The van der Waals surface area contributed by atoms with Crippen molar-refractivity contribution in [2.45, 2.75) is 0 Å². The first-order valence-electron chi connectivity index (χ1n) is 8.64. The van der Waals surface area contributed by atoms with Crippen LogP contribution in [-0.2, 0) is 4.74 Å². The van der Waals surface area contributed by atoms with Crippen LogP contribution in [0.4, 0.5) is 17.1 Å². The average Bonchev–Trinajstić information content (AvgIpc) is 2.77. The standard InChI is InChI=1S/C18H19N9O2/c1-29-18(28)14-2-4-15(5-3-14)23-24-16-6-8-17(9-7-16)27(12-10-21-25-19)13-11-22-26-20/h2-9H,10-13H2,1H3. The molecule has 0 saturated heterocycles. The van der Waals surface area contributed by atoms with Crippen molar-refractivity contribution in [2.24, 2.45) is 20.5 Å². The Hall–Kier alpha value is -4.07. The summed E-state index contributed by atoms with van der Waals surface area (Å²) >= 11 is 0. The molecule has 148 valence electrons. The van der Waals surface area contributed by atoms with E-state index in [1.807, 2.05) is 17.0 Å². The van der Waals surface area contributed by atoms with E-state index in [-0.39, 0.29) is 0 Å². The third-order valence-electron chi connectivity index (χ3n) is 3.85. The Balaban J connectivity index is 2.06. The molecule has 0 aliphatic heterocycles. The highest BCUT2D eigenvalue weighted by atomic mass is 16.5. The second kappa shape index (κ2) is 11.6. The number of anilines is 1. The van der Waals surface area contributed by atoms with Gasteiger partial charge in [0.25, 0.3) is 0 Å². The fourth-order valence-electron chi connectivity index (χ4n) is 2.42. The van der Waals surface area contributed by atoms with Gasteiger partial charge >= 0.3 is 5.97 Å². The molecule has 29 heavy (non-hydrogen) atoms. The Bertz CT molecular complexity index is 907. The van der Waals surface area contributed by atoms with Crippen LogP contribution in [0, 0.1) is 0 Å². The van der Waals surface area contributed by atoms with Crippen LogP contribution in [0.25, 0.3) is 20.9 Å². The number of hydrogen-bond acceptors (Lipinski definition) is 7. The Morgan fingerprint density at radius 1 is 0.897 bits per heavy atom. The molecular formula is C18H19N9O2. The van der Waals surface area contributed by atoms with Gasteiger partial charge < -0.3 is 9.64 Å². The lowest BCUT2D eigenvalue weighted by Gasteiger charge is -2.23. The molecule has 11 nitrogen and oxygen atoms in total. The van der Waals surface area contributed by atoms with E-state index in [1.54, 1.807) is 36.4 Å². The summed E-state index contributed by atoms with van der Waals surface area (Å²) in [7, 11) is 1.33. The Labute approximate surface area is 166 Å². The number of azide groups is 2. The van der Waals surface area contributed by atoms with Crippen LogP contribution in [0.15, 0.2) is 69.0 Å². The maximum absolute atomic E-state index is 11.4. The first-order chi connectivity index (χ1) is 14.2. The number of nitrogens with zero attached hydrogens (tertiary/aromatic N) is 9. The van der Waals surface area contributed by atoms with Crippen molar-refractivity contribution in [3.63, 3.8) is 0 Å². The Morgan fingerprint density at radius 3 is 1.83 bits per heavy atom. The van der Waals surface area contributed by atoms with Crippen molar-refractivity contribution in [3.8, 4) is 0 Å². The van der Waals surface area contributed by atoms with E-state index in [2.05, 4.69) is 35.0 Å². The zero-order valence-corrected chi connectivity index (χ0v) is 15.8. The number of rotatable bonds is 10. The van der Waals surface area contributed by atoms with E-state index in [1.165, 1.54) is 7.11 Å². The Kier molecular flexibility index (Phi) is 8.50. The van der Waals surface area contributed by atoms with E-state index in [0.29, 0.717) is 43.1 Å². The van der Waals surface area contributed by atoms with Crippen molar-refractivity contribution in [1.82, 2.24) is 0 Å². The molecule has 0 fully saturated rings. The minimum atomic E-state index is -0.408. The second-order valence-corrected chi connectivity index (χ2v) is 5.65. The van der Waals surface area contributed by atoms with E-state index in [4.69, 9.17) is 11.1 Å². The van der Waals surface area contributed by atoms with Crippen LogP contribution >= 0.6 is 0 Å². The van der Waals surface area contributed by atoms with Crippen molar-refractivity contribution in [3.05, 3.63) is 75.0 Å². The zero-order chi connectivity index (χ0) is 20.9. The minimum Gasteiger partial charge on any atom is -0.465 e. The molecule has 0 aromatic heterocycles. The van der Waals surface area contributed by atoms with Crippen molar-refractivity contribution < 1.29 is 9.53 Å². The normalized spacial score (nSPS) is 10.1. The van der Waals surface area contributed by atoms with E-state index in [0.717, 1.165) is 5.69 Å². The van der Waals surface area contributed by atoms with Crippen LogP contribution in [0.5, 0.6) is 0 Å². The zero-order valence-electron chi connectivity index (χ0n) is 15.8. The monoisotopic (exact) mass is 393 g/mol. The number of ether oxygens (including phenoxy) is 1. The smallest absolute Gasteiger partial charge is 0.337 e. The number of esters is 1. The van der Waals surface area contributed by atoms with Gasteiger partial charge in [-0.1, -0.05) is 10.2 Å². The number of carbonyl (C=O) groups excluding carboxylic acids is 1. The molecule has 0 spiro atoms. The van der Waals surface area contributed by atoms with Crippen molar-refractivity contribution in [2.75, 3.05) is 38.2 Å². The van der Waals surface area contributed by atoms with Crippen LogP contribution in [0.1, 0.15) is 10.4 Å². The molecular weight excluding hydrogens is 374 g/mol. The number of azo groups is 1. The quantitative estimate of drug-likeness (QED) is 0.232. The highest BCUT2D eigenvalue weighted by Gasteiger charge is 2.06. The van der Waals surface area contributed by atoms with Gasteiger partial charge in [-0.25, -0.2) is 4.79 Å². The van der Waals surface area contributed by atoms with Gasteiger partial charge in [-0.05, 0) is 59.6 Å². The van der Waals surface area contributed by atoms with Gasteiger partial charge in [0, 0.05) is 41.7 Å². The summed E-state index contributed by atoms with van der Waals surface area (Å²) in [5, 5.41) is 15.4. The first kappa shape index (κ1) is 21.2. The highest BCUT2D eigenvalue weighted by Crippen LogP contribution is 2.22. The van der Waals surface area contributed by atoms with E-state index < -0.39 is 5.97 Å². The molecule has 0 atom stereocenters. The number of carbonyl (C=O) groups is 1. The number of hydrogen-bond donors (Lipinski definition) is 0. The lowest BCUT2D eigenvalue weighted by atomic mass is 10.2. The molecule has 11 heteroatoms. The van der Waals surface area contributed by atoms with Crippen LogP contribution in [-0.4, -0.2) is 39.3 Å². The van der Waals surface area contributed by atoms with Gasteiger partial charge in [0.15, 0.2) is 0 Å². The predicted octanol–water partition coefficient (Wildman–Crippen LogP) is 5.32. The summed E-state index contributed by atoms with van der Waals surface area (Å²) < 4.78 is 4.65. The first-order valence-corrected chi connectivity index (χ1v) is 8.64. The molecule has 0 aliphatic rings. The maximum atomic E-state index is 11.4. The van der Waals surface area contributed by atoms with Crippen LogP contribution < -0.4 is 4.90 Å². The van der Waals surface area contributed by atoms with Crippen LogP contribution in [0.3, 0.4) is 0 Å². The van der Waals surface area contributed by atoms with Crippen molar-refractivity contribution in [1.29, 1.82) is 0 Å². The third-order valence-corrected chi connectivity index (χ3v) is 3.85. The average molecular weight is 393 g/mol. The fraction of sp³-hybridized carbons (Fsp3) is 0.278. The van der Waals surface area contributed by atoms with Gasteiger partial charge in [0.2, 0.25) is 0 Å². The van der Waals surface area contributed by atoms with Gasteiger partial charge in [-0.3, -0.25) is 0 Å². The summed E-state index contributed by atoms with van der Waals surface area (Å²) in [4.78, 5) is 18.9. The van der Waals surface area contributed by atoms with E-state index >= 15 is 0 Å². The summed E-state index contributed by atoms with van der Waals surface area (Å²) in [6.07, 6.45) is 0. The summed E-state index contributed by atoms with van der Waals surface area (Å²) in [6, 6.07) is 13.9.